The molecule has 19 heavy (non-hydrogen) atoms. The van der Waals surface area contributed by atoms with Crippen molar-refractivity contribution in [1.82, 2.24) is 10.2 Å². The summed E-state index contributed by atoms with van der Waals surface area (Å²) in [5, 5.41) is 14.2. The van der Waals surface area contributed by atoms with E-state index in [1.807, 2.05) is 12.3 Å². The van der Waals surface area contributed by atoms with Crippen molar-refractivity contribution >= 4 is 23.2 Å². The molecule has 0 spiro atoms. The van der Waals surface area contributed by atoms with Crippen LogP contribution in [0.4, 0.5) is 0 Å². The Morgan fingerprint density at radius 3 is 3.00 bits per heavy atom. The molecule has 5 nitrogen and oxygen atoms in total. The highest BCUT2D eigenvalue weighted by molar-refractivity contribution is 7.12. The van der Waals surface area contributed by atoms with Gasteiger partial charge in [-0.3, -0.25) is 9.59 Å². The van der Waals surface area contributed by atoms with Crippen LogP contribution in [0.2, 0.25) is 0 Å². The molecule has 0 aromatic carbocycles. The van der Waals surface area contributed by atoms with Crippen LogP contribution in [-0.2, 0) is 4.79 Å². The predicted octanol–water partition coefficient (Wildman–Crippen LogP) is 0.707. The molecule has 104 valence electrons. The van der Waals surface area contributed by atoms with E-state index in [1.54, 1.807) is 17.0 Å². The second kappa shape index (κ2) is 6.16. The van der Waals surface area contributed by atoms with Gasteiger partial charge in [-0.1, -0.05) is 13.0 Å². The Labute approximate surface area is 116 Å². The number of rotatable bonds is 3. The summed E-state index contributed by atoms with van der Waals surface area (Å²) in [6, 6.07) is 3.51. The van der Waals surface area contributed by atoms with E-state index in [9.17, 15) is 14.7 Å². The molecule has 1 aromatic heterocycles. The molecular weight excluding hydrogens is 264 g/mol. The lowest BCUT2D eigenvalue weighted by molar-refractivity contribution is -0.134. The van der Waals surface area contributed by atoms with Gasteiger partial charge in [-0.15, -0.1) is 11.3 Å². The van der Waals surface area contributed by atoms with Gasteiger partial charge in [-0.2, -0.15) is 0 Å². The maximum Gasteiger partial charge on any atom is 0.261 e. The predicted molar refractivity (Wildman–Crippen MR) is 73.0 cm³/mol. The fourth-order valence-corrected chi connectivity index (χ4v) is 2.68. The third kappa shape index (κ3) is 3.54. The minimum atomic E-state index is -0.467. The van der Waals surface area contributed by atoms with E-state index in [0.717, 1.165) is 6.42 Å². The number of hydrogen-bond acceptors (Lipinski definition) is 4. The van der Waals surface area contributed by atoms with Crippen LogP contribution in [0.3, 0.4) is 0 Å². The Morgan fingerprint density at radius 1 is 1.58 bits per heavy atom. The molecule has 1 aromatic rings. The molecule has 1 saturated heterocycles. The van der Waals surface area contributed by atoms with Crippen molar-refractivity contribution in [1.29, 1.82) is 0 Å². The average Bonchev–Trinajstić information content (AvgIpc) is 2.92. The number of nitrogens with zero attached hydrogens (tertiary/aromatic N) is 1. The van der Waals surface area contributed by atoms with Crippen LogP contribution in [0.15, 0.2) is 17.5 Å². The monoisotopic (exact) mass is 282 g/mol. The number of aliphatic hydroxyl groups excluding tert-OH is 1. The summed E-state index contributed by atoms with van der Waals surface area (Å²) in [5.74, 6) is -0.144. The van der Waals surface area contributed by atoms with Crippen LogP contribution in [0, 0.1) is 5.92 Å². The van der Waals surface area contributed by atoms with Crippen LogP contribution < -0.4 is 5.32 Å². The number of nitrogens with one attached hydrogen (secondary N) is 1. The first-order chi connectivity index (χ1) is 9.08. The van der Waals surface area contributed by atoms with Crippen LogP contribution in [-0.4, -0.2) is 47.6 Å². The smallest absolute Gasteiger partial charge is 0.261 e. The maximum absolute atomic E-state index is 11.9. The zero-order valence-corrected chi connectivity index (χ0v) is 11.7. The van der Waals surface area contributed by atoms with Gasteiger partial charge in [0.15, 0.2) is 0 Å². The summed E-state index contributed by atoms with van der Waals surface area (Å²) >= 11 is 1.34. The van der Waals surface area contributed by atoms with Gasteiger partial charge in [0.25, 0.3) is 5.91 Å². The fourth-order valence-electron chi connectivity index (χ4n) is 2.04. The van der Waals surface area contributed by atoms with Crippen LogP contribution >= 0.6 is 11.3 Å². The van der Waals surface area contributed by atoms with Crippen LogP contribution in [0.5, 0.6) is 0 Å². The second-order valence-corrected chi connectivity index (χ2v) is 5.78. The van der Waals surface area contributed by atoms with Gasteiger partial charge in [0.2, 0.25) is 5.91 Å². The van der Waals surface area contributed by atoms with Crippen molar-refractivity contribution in [2.75, 3.05) is 19.6 Å². The lowest BCUT2D eigenvalue weighted by Gasteiger charge is -2.34. The molecule has 2 unspecified atom stereocenters. The van der Waals surface area contributed by atoms with Crippen molar-refractivity contribution in [3.63, 3.8) is 0 Å². The van der Waals surface area contributed by atoms with E-state index in [4.69, 9.17) is 0 Å². The zero-order chi connectivity index (χ0) is 13.8. The fraction of sp³-hybridized carbons (Fsp3) is 0.538. The Bertz CT molecular complexity index is 447. The zero-order valence-electron chi connectivity index (χ0n) is 10.8. The maximum atomic E-state index is 11.9. The molecule has 6 heteroatoms. The molecule has 1 aliphatic heterocycles. The van der Waals surface area contributed by atoms with Gasteiger partial charge in [0.05, 0.1) is 17.5 Å². The number of amides is 2. The van der Waals surface area contributed by atoms with E-state index < -0.39 is 6.10 Å². The van der Waals surface area contributed by atoms with E-state index in [1.165, 1.54) is 11.3 Å². The van der Waals surface area contributed by atoms with Gasteiger partial charge < -0.3 is 15.3 Å². The quantitative estimate of drug-likeness (QED) is 0.857. The Hall–Kier alpha value is -1.40. The Kier molecular flexibility index (Phi) is 4.55. The summed E-state index contributed by atoms with van der Waals surface area (Å²) < 4.78 is 0. The third-order valence-corrected chi connectivity index (χ3v) is 4.29. The first-order valence-electron chi connectivity index (χ1n) is 6.35. The molecule has 0 aliphatic carbocycles. The minimum absolute atomic E-state index is 0.0160. The van der Waals surface area contributed by atoms with E-state index in [0.29, 0.717) is 18.0 Å². The lowest BCUT2D eigenvalue weighted by atomic mass is 9.96. The largest absolute Gasteiger partial charge is 0.391 e. The molecule has 2 heterocycles. The van der Waals surface area contributed by atoms with Gasteiger partial charge in [0.1, 0.15) is 0 Å². The van der Waals surface area contributed by atoms with Crippen molar-refractivity contribution in [3.05, 3.63) is 22.4 Å². The summed E-state index contributed by atoms with van der Waals surface area (Å²) in [6.07, 6.45) is 0.330. The highest BCUT2D eigenvalue weighted by atomic mass is 32.1. The topological polar surface area (TPSA) is 69.6 Å². The number of carbonyl (C=O) groups is 2. The van der Waals surface area contributed by atoms with Crippen molar-refractivity contribution in [3.8, 4) is 0 Å². The van der Waals surface area contributed by atoms with Gasteiger partial charge in [-0.25, -0.2) is 0 Å². The third-order valence-electron chi connectivity index (χ3n) is 3.42. The van der Waals surface area contributed by atoms with Crippen molar-refractivity contribution in [2.45, 2.75) is 19.4 Å². The number of carbonyl (C=O) groups excluding carboxylic acids is 2. The SMILES string of the molecule is CC1CCN(C(=O)CNC(=O)c2cccs2)CC1O. The summed E-state index contributed by atoms with van der Waals surface area (Å²) in [7, 11) is 0. The van der Waals surface area contributed by atoms with Crippen LogP contribution in [0.25, 0.3) is 0 Å². The number of β-amino-alcohol motifs (C(OH)–C–C–N with tert-alkyl or cyclic N) is 1. The highest BCUT2D eigenvalue weighted by Crippen LogP contribution is 2.16. The first-order valence-corrected chi connectivity index (χ1v) is 7.23. The molecule has 0 saturated carbocycles. The summed E-state index contributed by atoms with van der Waals surface area (Å²) in [4.78, 5) is 25.8. The molecule has 2 rings (SSSR count). The molecule has 2 atom stereocenters. The molecule has 2 amide bonds. The van der Waals surface area contributed by atoms with E-state index in [2.05, 4.69) is 5.32 Å². The van der Waals surface area contributed by atoms with Gasteiger partial charge >= 0.3 is 0 Å². The molecular formula is C13H18N2O3S. The molecule has 1 aliphatic rings. The Balaban J connectivity index is 1.80. The van der Waals surface area contributed by atoms with E-state index in [-0.39, 0.29) is 24.3 Å². The first kappa shape index (κ1) is 14.0. The number of thiophene rings is 1. The normalized spacial score (nSPS) is 23.2. The number of piperidine rings is 1. The van der Waals surface area contributed by atoms with Gasteiger partial charge in [-0.05, 0) is 23.8 Å². The average molecular weight is 282 g/mol. The number of hydrogen-bond donors (Lipinski definition) is 2. The summed E-state index contributed by atoms with van der Waals surface area (Å²) in [6.45, 7) is 2.96. The standard InChI is InChI=1S/C13H18N2O3S/c1-9-4-5-15(8-10(9)16)12(17)7-14-13(18)11-3-2-6-19-11/h2-3,6,9-10,16H,4-5,7-8H2,1H3,(H,14,18). The van der Waals surface area contributed by atoms with Crippen LogP contribution in [0.1, 0.15) is 23.0 Å². The minimum Gasteiger partial charge on any atom is -0.391 e. The second-order valence-electron chi connectivity index (χ2n) is 4.83. The molecule has 0 radical (unpaired) electrons. The van der Waals surface area contributed by atoms with E-state index >= 15 is 0 Å². The molecule has 2 N–H and O–H groups in total. The molecule has 0 bridgehead atoms. The number of likely N-dealkylation sites (tertiary alicyclic amines) is 1. The molecule has 1 fully saturated rings. The lowest BCUT2D eigenvalue weighted by Crippen LogP contribution is -2.49. The number of aliphatic hydroxyl groups is 1. The summed E-state index contributed by atoms with van der Waals surface area (Å²) in [5.41, 5.74) is 0. The van der Waals surface area contributed by atoms with Crippen molar-refractivity contribution < 1.29 is 14.7 Å². The van der Waals surface area contributed by atoms with Crippen molar-refractivity contribution in [2.24, 2.45) is 5.92 Å². The Morgan fingerprint density at radius 2 is 2.37 bits per heavy atom. The highest BCUT2D eigenvalue weighted by Gasteiger charge is 2.27. The van der Waals surface area contributed by atoms with Gasteiger partial charge in [0, 0.05) is 13.1 Å².